The molecule has 0 spiro atoms. The lowest BCUT2D eigenvalue weighted by atomic mass is 10.4. The highest BCUT2D eigenvalue weighted by atomic mass is 32.1. The zero-order valence-corrected chi connectivity index (χ0v) is 5.93. The minimum Gasteiger partial charge on any atom is -0.258 e. The number of nitrogens with zero attached hydrogens (tertiary/aromatic N) is 3. The van der Waals surface area contributed by atoms with Crippen LogP contribution in [0.3, 0.4) is 0 Å². The molecule has 0 fully saturated rings. The van der Waals surface area contributed by atoms with Crippen molar-refractivity contribution in [2.75, 3.05) is 0 Å². The summed E-state index contributed by atoms with van der Waals surface area (Å²) < 4.78 is 0. The average Bonchev–Trinajstić information content (AvgIpc) is 2.15. The largest absolute Gasteiger partial charge is 0.258 e. The highest BCUT2D eigenvalue weighted by Crippen LogP contribution is 2.10. The normalized spacial score (nSPS) is 25.8. The molecule has 9 heavy (non-hydrogen) atoms. The van der Waals surface area contributed by atoms with Gasteiger partial charge in [0.1, 0.15) is 0 Å². The Morgan fingerprint density at radius 2 is 2.56 bits per heavy atom. The van der Waals surface area contributed by atoms with Gasteiger partial charge in [0.15, 0.2) is 6.17 Å². The van der Waals surface area contributed by atoms with Crippen molar-refractivity contribution >= 4 is 17.3 Å². The van der Waals surface area contributed by atoms with Gasteiger partial charge < -0.3 is 0 Å². The van der Waals surface area contributed by atoms with Crippen LogP contribution in [0.4, 0.5) is 0 Å². The van der Waals surface area contributed by atoms with Crippen LogP contribution in [0.1, 0.15) is 13.3 Å². The van der Waals surface area contributed by atoms with Gasteiger partial charge >= 0.3 is 0 Å². The molecule has 1 atom stereocenters. The van der Waals surface area contributed by atoms with Crippen molar-refractivity contribution in [3.8, 4) is 0 Å². The number of hydrazine groups is 1. The lowest BCUT2D eigenvalue weighted by Gasteiger charge is -2.13. The number of azo groups is 1. The molecule has 5 heteroatoms. The molecule has 1 aliphatic rings. The maximum absolute atomic E-state index is 5.44. The summed E-state index contributed by atoms with van der Waals surface area (Å²) in [5, 5.41) is 9.20. The van der Waals surface area contributed by atoms with E-state index in [1.54, 1.807) is 0 Å². The second-order valence-corrected chi connectivity index (χ2v) is 2.16. The van der Waals surface area contributed by atoms with Crippen molar-refractivity contribution in [3.05, 3.63) is 0 Å². The van der Waals surface area contributed by atoms with E-state index in [2.05, 4.69) is 10.2 Å². The second-order valence-electron chi connectivity index (χ2n) is 1.79. The van der Waals surface area contributed by atoms with Crippen LogP contribution in [0.5, 0.6) is 0 Å². The quantitative estimate of drug-likeness (QED) is 0.434. The molecule has 0 amide bonds. The Morgan fingerprint density at radius 3 is 2.78 bits per heavy atom. The smallest absolute Gasteiger partial charge is 0.232 e. The maximum Gasteiger partial charge on any atom is 0.232 e. The highest BCUT2D eigenvalue weighted by Gasteiger charge is 2.20. The lowest BCUT2D eigenvalue weighted by Crippen LogP contribution is -2.38. The minimum absolute atomic E-state index is 0.0301. The molecule has 1 unspecified atom stereocenters. The molecule has 1 heterocycles. The van der Waals surface area contributed by atoms with Gasteiger partial charge in [-0.25, -0.2) is 5.84 Å². The van der Waals surface area contributed by atoms with E-state index in [4.69, 9.17) is 18.1 Å². The van der Waals surface area contributed by atoms with E-state index in [-0.39, 0.29) is 6.17 Å². The first-order valence-corrected chi connectivity index (χ1v) is 3.15. The van der Waals surface area contributed by atoms with E-state index in [1.807, 2.05) is 6.92 Å². The first kappa shape index (κ1) is 6.57. The summed E-state index contributed by atoms with van der Waals surface area (Å²) in [6.45, 7) is 1.98. The van der Waals surface area contributed by atoms with Crippen LogP contribution in [-0.2, 0) is 0 Å². The van der Waals surface area contributed by atoms with Crippen LogP contribution in [0, 0.1) is 0 Å². The molecule has 0 radical (unpaired) electrons. The summed E-state index contributed by atoms with van der Waals surface area (Å²) in [5.41, 5.74) is 0. The second kappa shape index (κ2) is 2.36. The molecule has 0 saturated carbocycles. The van der Waals surface area contributed by atoms with Crippen LogP contribution < -0.4 is 5.84 Å². The van der Waals surface area contributed by atoms with Gasteiger partial charge in [-0.1, -0.05) is 6.92 Å². The first-order valence-electron chi connectivity index (χ1n) is 2.74. The van der Waals surface area contributed by atoms with Crippen LogP contribution in [0.15, 0.2) is 10.2 Å². The zero-order valence-electron chi connectivity index (χ0n) is 5.11. The van der Waals surface area contributed by atoms with Crippen molar-refractivity contribution in [2.24, 2.45) is 16.1 Å². The van der Waals surface area contributed by atoms with Gasteiger partial charge in [0, 0.05) is 0 Å². The Labute approximate surface area is 58.7 Å². The van der Waals surface area contributed by atoms with Gasteiger partial charge in [-0.3, -0.25) is 5.01 Å². The Balaban J connectivity index is 2.62. The number of rotatable bonds is 1. The van der Waals surface area contributed by atoms with E-state index in [0.29, 0.717) is 5.11 Å². The number of nitrogens with two attached hydrogens (primary N) is 1. The molecule has 0 aliphatic carbocycles. The van der Waals surface area contributed by atoms with Crippen LogP contribution in [0.25, 0.3) is 0 Å². The van der Waals surface area contributed by atoms with Gasteiger partial charge in [-0.05, 0) is 18.6 Å². The molecule has 1 aliphatic heterocycles. The molecule has 0 bridgehead atoms. The van der Waals surface area contributed by atoms with E-state index < -0.39 is 0 Å². The third-order valence-electron chi connectivity index (χ3n) is 1.18. The first-order chi connectivity index (χ1) is 4.25. The molecule has 0 aromatic heterocycles. The van der Waals surface area contributed by atoms with E-state index >= 15 is 0 Å². The van der Waals surface area contributed by atoms with Crippen LogP contribution in [0.2, 0.25) is 0 Å². The Hall–Kier alpha value is -0.550. The fraction of sp³-hybridized carbons (Fsp3) is 0.750. The lowest BCUT2D eigenvalue weighted by molar-refractivity contribution is 0.343. The van der Waals surface area contributed by atoms with E-state index in [1.165, 1.54) is 5.01 Å². The minimum atomic E-state index is -0.0301. The maximum atomic E-state index is 5.44. The predicted molar refractivity (Wildman–Crippen MR) is 37.6 cm³/mol. The van der Waals surface area contributed by atoms with Crippen LogP contribution >= 0.6 is 12.2 Å². The summed E-state index contributed by atoms with van der Waals surface area (Å²) in [6, 6.07) is 0. The molecule has 0 aromatic rings. The Morgan fingerprint density at radius 1 is 1.89 bits per heavy atom. The topological polar surface area (TPSA) is 54.0 Å². The van der Waals surface area contributed by atoms with Gasteiger partial charge in [-0.2, -0.15) is 5.11 Å². The summed E-state index contributed by atoms with van der Waals surface area (Å²) in [5.74, 6) is 5.44. The zero-order chi connectivity index (χ0) is 6.85. The average molecular weight is 144 g/mol. The standard InChI is InChI=1S/C4H8N4S/c1-2-3-6-7-4(9)8(3)5/h3H,2,5H2,1H3. The van der Waals surface area contributed by atoms with Gasteiger partial charge in [-0.15, -0.1) is 5.11 Å². The summed E-state index contributed by atoms with van der Waals surface area (Å²) in [7, 11) is 0. The number of hydrogen-bond acceptors (Lipinski definition) is 3. The summed E-state index contributed by atoms with van der Waals surface area (Å²) in [6.07, 6.45) is 0.817. The predicted octanol–water partition coefficient (Wildman–Crippen LogP) is 0.649. The summed E-state index contributed by atoms with van der Waals surface area (Å²) in [4.78, 5) is 0. The molecule has 2 N–H and O–H groups in total. The van der Waals surface area contributed by atoms with Crippen LogP contribution in [-0.4, -0.2) is 16.3 Å². The van der Waals surface area contributed by atoms with Crippen molar-refractivity contribution in [2.45, 2.75) is 19.5 Å². The molecule has 0 saturated heterocycles. The number of hydrogen-bond donors (Lipinski definition) is 1. The molecule has 50 valence electrons. The van der Waals surface area contributed by atoms with E-state index in [0.717, 1.165) is 6.42 Å². The SMILES string of the molecule is CCC1N=NC(=S)N1N. The third kappa shape index (κ3) is 1.06. The van der Waals surface area contributed by atoms with Crippen molar-refractivity contribution < 1.29 is 0 Å². The van der Waals surface area contributed by atoms with E-state index in [9.17, 15) is 0 Å². The van der Waals surface area contributed by atoms with Crippen molar-refractivity contribution in [1.29, 1.82) is 0 Å². The molecular weight excluding hydrogens is 136 g/mol. The molecule has 1 rings (SSSR count). The fourth-order valence-corrected chi connectivity index (χ4v) is 0.798. The molecule has 4 nitrogen and oxygen atoms in total. The summed E-state index contributed by atoms with van der Waals surface area (Å²) >= 11 is 4.73. The molecule has 0 aromatic carbocycles. The highest BCUT2D eigenvalue weighted by molar-refractivity contribution is 7.80. The fourth-order valence-electron chi connectivity index (χ4n) is 0.629. The van der Waals surface area contributed by atoms with Gasteiger partial charge in [0.25, 0.3) is 0 Å². The van der Waals surface area contributed by atoms with Gasteiger partial charge in [0.2, 0.25) is 5.11 Å². The Kier molecular flexibility index (Phi) is 1.73. The van der Waals surface area contributed by atoms with Gasteiger partial charge in [0.05, 0.1) is 0 Å². The van der Waals surface area contributed by atoms with Crippen molar-refractivity contribution in [1.82, 2.24) is 5.01 Å². The third-order valence-corrected chi connectivity index (χ3v) is 1.48. The van der Waals surface area contributed by atoms with Crippen molar-refractivity contribution in [3.63, 3.8) is 0 Å². The number of thiocarbonyl (C=S) groups is 1. The monoisotopic (exact) mass is 144 g/mol. The Bertz CT molecular complexity index is 155. The molecular formula is C4H8N4S.